The molecular formula is C30H32ClF2N5O4. The summed E-state index contributed by atoms with van der Waals surface area (Å²) in [4.78, 5) is 23.8. The van der Waals surface area contributed by atoms with E-state index in [2.05, 4.69) is 20.6 Å². The van der Waals surface area contributed by atoms with Crippen molar-refractivity contribution < 1.29 is 27.8 Å². The van der Waals surface area contributed by atoms with E-state index in [1.165, 1.54) is 24.5 Å². The molecule has 3 atom stereocenters. The smallest absolute Gasteiger partial charge is 0.284 e. The maximum Gasteiger partial charge on any atom is 0.284 e. The maximum absolute atomic E-state index is 15.1. The number of likely N-dealkylation sites (tertiary alicyclic amines) is 1. The summed E-state index contributed by atoms with van der Waals surface area (Å²) < 4.78 is 45.7. The average molecular weight is 600 g/mol. The normalized spacial score (nSPS) is 22.8. The van der Waals surface area contributed by atoms with Gasteiger partial charge in [0.1, 0.15) is 18.0 Å². The molecule has 42 heavy (non-hydrogen) atoms. The minimum Gasteiger partial charge on any atom is -0.381 e. The Bertz CT molecular complexity index is 1470. The second kappa shape index (κ2) is 13.0. The van der Waals surface area contributed by atoms with Crippen LogP contribution in [0.4, 0.5) is 26.0 Å². The molecule has 3 aliphatic rings. The van der Waals surface area contributed by atoms with Crippen molar-refractivity contribution in [3.05, 3.63) is 65.0 Å². The van der Waals surface area contributed by atoms with Gasteiger partial charge in [-0.05, 0) is 67.2 Å². The van der Waals surface area contributed by atoms with E-state index in [-0.39, 0.29) is 23.8 Å². The van der Waals surface area contributed by atoms with Gasteiger partial charge in [0.05, 0.1) is 36.0 Å². The van der Waals surface area contributed by atoms with Crippen LogP contribution in [0.3, 0.4) is 0 Å². The van der Waals surface area contributed by atoms with E-state index >= 15 is 4.39 Å². The van der Waals surface area contributed by atoms with Crippen LogP contribution in [0.25, 0.3) is 10.9 Å². The van der Waals surface area contributed by atoms with E-state index < -0.39 is 17.6 Å². The summed E-state index contributed by atoms with van der Waals surface area (Å²) in [6.45, 7) is 4.10. The first-order valence-electron chi connectivity index (χ1n) is 14.1. The highest BCUT2D eigenvalue weighted by Crippen LogP contribution is 2.32. The summed E-state index contributed by atoms with van der Waals surface area (Å²) in [7, 11) is 0. The zero-order valence-electron chi connectivity index (χ0n) is 23.0. The van der Waals surface area contributed by atoms with Crippen molar-refractivity contribution in [3.8, 4) is 0 Å². The molecule has 3 aliphatic heterocycles. The van der Waals surface area contributed by atoms with Gasteiger partial charge < -0.3 is 24.8 Å². The highest BCUT2D eigenvalue weighted by atomic mass is 35.5. The van der Waals surface area contributed by atoms with Crippen LogP contribution in [-0.4, -0.2) is 79.0 Å². The van der Waals surface area contributed by atoms with Crippen molar-refractivity contribution in [1.82, 2.24) is 14.9 Å². The number of carbonyl (C=O) groups excluding carboxylic acids is 1. The number of benzene rings is 2. The van der Waals surface area contributed by atoms with Gasteiger partial charge in [0.2, 0.25) is 0 Å². The molecule has 1 aromatic heterocycles. The SMILES string of the molecule is O=C(Nc1cc2c(Nc3ccc(F)c(Cl)c3)ncnc2cc1CC[C@H]1CCOC1)/C(F)=C/CN1C[C@@H]2OCCO[C@H]2C1. The van der Waals surface area contributed by atoms with E-state index in [0.717, 1.165) is 25.0 Å². The quantitative estimate of drug-likeness (QED) is 0.331. The van der Waals surface area contributed by atoms with E-state index in [1.54, 1.807) is 12.1 Å². The Morgan fingerprint density at radius 2 is 1.93 bits per heavy atom. The Morgan fingerprint density at radius 3 is 2.67 bits per heavy atom. The second-order valence-electron chi connectivity index (χ2n) is 10.8. The van der Waals surface area contributed by atoms with Gasteiger partial charge in [-0.2, -0.15) is 0 Å². The number of carbonyl (C=O) groups is 1. The highest BCUT2D eigenvalue weighted by molar-refractivity contribution is 6.31. The molecule has 1 amide bonds. The fraction of sp³-hybridized carbons (Fsp3) is 0.433. The van der Waals surface area contributed by atoms with Crippen molar-refractivity contribution in [3.63, 3.8) is 0 Å². The van der Waals surface area contributed by atoms with Crippen LogP contribution in [0.15, 0.2) is 48.6 Å². The molecule has 0 aliphatic carbocycles. The lowest BCUT2D eigenvalue weighted by atomic mass is 9.97. The van der Waals surface area contributed by atoms with Crippen LogP contribution in [0.5, 0.6) is 0 Å². The van der Waals surface area contributed by atoms with Gasteiger partial charge in [0.15, 0.2) is 5.83 Å². The Labute approximate surface area is 247 Å². The number of halogens is 3. The first-order valence-corrected chi connectivity index (χ1v) is 14.5. The van der Waals surface area contributed by atoms with Gasteiger partial charge in [0.25, 0.3) is 5.91 Å². The zero-order chi connectivity index (χ0) is 29.1. The van der Waals surface area contributed by atoms with Gasteiger partial charge in [-0.25, -0.2) is 18.7 Å². The van der Waals surface area contributed by atoms with Crippen LogP contribution in [0.1, 0.15) is 18.4 Å². The third-order valence-corrected chi connectivity index (χ3v) is 8.21. The predicted octanol–water partition coefficient (Wildman–Crippen LogP) is 5.03. The fourth-order valence-electron chi connectivity index (χ4n) is 5.62. The van der Waals surface area contributed by atoms with Gasteiger partial charge in [-0.1, -0.05) is 11.6 Å². The third kappa shape index (κ3) is 6.71. The Kier molecular flexibility index (Phi) is 8.92. The number of fused-ring (bicyclic) bond motifs is 2. The number of hydrogen-bond acceptors (Lipinski definition) is 8. The van der Waals surface area contributed by atoms with Crippen molar-refractivity contribution in [2.45, 2.75) is 31.5 Å². The summed E-state index contributed by atoms with van der Waals surface area (Å²) >= 11 is 5.96. The highest BCUT2D eigenvalue weighted by Gasteiger charge is 2.36. The minimum atomic E-state index is -0.870. The number of ether oxygens (including phenoxy) is 3. The lowest BCUT2D eigenvalue weighted by Crippen LogP contribution is -2.36. The number of anilines is 3. The molecule has 0 saturated carbocycles. The molecule has 2 N–H and O–H groups in total. The van der Waals surface area contributed by atoms with Gasteiger partial charge in [0, 0.05) is 49.6 Å². The van der Waals surface area contributed by atoms with Crippen LogP contribution >= 0.6 is 11.6 Å². The van der Waals surface area contributed by atoms with Crippen molar-refractivity contribution in [2.24, 2.45) is 5.92 Å². The van der Waals surface area contributed by atoms with Crippen LogP contribution in [0.2, 0.25) is 5.02 Å². The first-order chi connectivity index (χ1) is 20.4. The Morgan fingerprint density at radius 1 is 1.12 bits per heavy atom. The molecule has 0 spiro atoms. The Hall–Kier alpha value is -3.22. The van der Waals surface area contributed by atoms with E-state index in [0.29, 0.717) is 73.3 Å². The molecular weight excluding hydrogens is 568 g/mol. The van der Waals surface area contributed by atoms with E-state index in [1.807, 2.05) is 11.0 Å². The Balaban J connectivity index is 1.23. The van der Waals surface area contributed by atoms with Crippen molar-refractivity contribution in [2.75, 3.05) is 56.7 Å². The molecule has 222 valence electrons. The fourth-order valence-corrected chi connectivity index (χ4v) is 5.80. The van der Waals surface area contributed by atoms with Crippen molar-refractivity contribution in [1.29, 1.82) is 0 Å². The number of rotatable bonds is 9. The topological polar surface area (TPSA) is 97.8 Å². The first kappa shape index (κ1) is 28.9. The molecule has 0 bridgehead atoms. The van der Waals surface area contributed by atoms with Crippen molar-refractivity contribution >= 4 is 45.6 Å². The number of amides is 1. The monoisotopic (exact) mass is 599 g/mol. The summed E-state index contributed by atoms with van der Waals surface area (Å²) in [5.74, 6) is -1.38. The number of nitrogens with one attached hydrogen (secondary N) is 2. The summed E-state index contributed by atoms with van der Waals surface area (Å²) in [6, 6.07) is 7.89. The molecule has 6 rings (SSSR count). The van der Waals surface area contributed by atoms with E-state index in [9.17, 15) is 9.18 Å². The summed E-state index contributed by atoms with van der Waals surface area (Å²) in [5.41, 5.74) is 2.48. The molecule has 0 unspecified atom stereocenters. The number of aromatic nitrogens is 2. The van der Waals surface area contributed by atoms with Crippen LogP contribution in [0, 0.1) is 11.7 Å². The number of nitrogens with zero attached hydrogens (tertiary/aromatic N) is 3. The molecule has 2 aromatic carbocycles. The van der Waals surface area contributed by atoms with Gasteiger partial charge in [-0.3, -0.25) is 9.69 Å². The largest absolute Gasteiger partial charge is 0.381 e. The van der Waals surface area contributed by atoms with Crippen LogP contribution in [-0.2, 0) is 25.4 Å². The van der Waals surface area contributed by atoms with Gasteiger partial charge >= 0.3 is 0 Å². The number of aryl methyl sites for hydroxylation is 1. The maximum atomic E-state index is 15.1. The molecule has 9 nitrogen and oxygen atoms in total. The average Bonchev–Trinajstić information content (AvgIpc) is 3.67. The lowest BCUT2D eigenvalue weighted by Gasteiger charge is -2.24. The summed E-state index contributed by atoms with van der Waals surface area (Å²) in [5, 5.41) is 6.49. The molecule has 3 fully saturated rings. The van der Waals surface area contributed by atoms with E-state index in [4.69, 9.17) is 25.8 Å². The van der Waals surface area contributed by atoms with Crippen LogP contribution < -0.4 is 10.6 Å². The standard InChI is InChI=1S/C30H32ClF2N5O4/c31-22-12-20(3-4-23(22)32)36-29-21-13-25(19(11-26(21)34-17-35-29)2-1-18-6-8-40-16-18)37-30(39)24(33)5-7-38-14-27-28(15-38)42-10-9-41-27/h3-5,11-13,17-18,27-28H,1-2,6-10,14-16H2,(H,37,39)(H,34,35,36)/b24-5-/t18-,27-,28-/m0/s1. The third-order valence-electron chi connectivity index (χ3n) is 7.92. The molecule has 3 aromatic rings. The summed E-state index contributed by atoms with van der Waals surface area (Å²) in [6.07, 6.45) is 5.17. The molecule has 12 heteroatoms. The zero-order valence-corrected chi connectivity index (χ0v) is 23.7. The number of hydrogen-bond donors (Lipinski definition) is 2. The molecule has 4 heterocycles. The second-order valence-corrected chi connectivity index (χ2v) is 11.2. The molecule has 0 radical (unpaired) electrons. The minimum absolute atomic E-state index is 0.0228. The van der Waals surface area contributed by atoms with Gasteiger partial charge in [-0.15, -0.1) is 0 Å². The molecule has 3 saturated heterocycles. The predicted molar refractivity (Wildman–Crippen MR) is 155 cm³/mol. The lowest BCUT2D eigenvalue weighted by molar-refractivity contribution is -0.116.